The Morgan fingerprint density at radius 2 is 1.73 bits per heavy atom. The van der Waals surface area contributed by atoms with Crippen LogP contribution in [0.15, 0.2) is 30.3 Å². The molecule has 1 fully saturated rings. The van der Waals surface area contributed by atoms with E-state index in [1.165, 1.54) is 35.6 Å². The summed E-state index contributed by atoms with van der Waals surface area (Å²) in [5.41, 5.74) is 4.08. The smallest absolute Gasteiger partial charge is 0.406 e. The highest BCUT2D eigenvalue weighted by Crippen LogP contribution is 2.39. The van der Waals surface area contributed by atoms with Crippen LogP contribution in [0.1, 0.15) is 42.0 Å². The number of rotatable bonds is 9. The van der Waals surface area contributed by atoms with E-state index in [2.05, 4.69) is 25.3 Å². The minimum Gasteiger partial charge on any atom is -0.406 e. The number of aryl methyl sites for hydroxylation is 3. The van der Waals surface area contributed by atoms with Crippen molar-refractivity contribution in [2.75, 3.05) is 22.6 Å². The highest BCUT2D eigenvalue weighted by molar-refractivity contribution is 7.90. The molecule has 0 unspecified atom stereocenters. The van der Waals surface area contributed by atoms with Crippen molar-refractivity contribution in [3.63, 3.8) is 0 Å². The molecule has 0 amide bonds. The molecule has 3 heterocycles. The summed E-state index contributed by atoms with van der Waals surface area (Å²) in [6.45, 7) is 7.33. The number of anilines is 2. The zero-order chi connectivity index (χ0) is 32.8. The molecular weight excluding hydrogens is 633 g/mol. The van der Waals surface area contributed by atoms with Crippen molar-refractivity contribution in [1.82, 2.24) is 19.9 Å². The average molecular weight is 667 g/mol. The van der Waals surface area contributed by atoms with E-state index in [4.69, 9.17) is 9.97 Å². The van der Waals surface area contributed by atoms with Gasteiger partial charge in [0.2, 0.25) is 5.95 Å². The molecule has 0 spiro atoms. The van der Waals surface area contributed by atoms with Crippen LogP contribution in [0.5, 0.6) is 5.75 Å². The number of halogens is 3. The lowest BCUT2D eigenvalue weighted by Gasteiger charge is -2.22. The molecule has 1 aromatic carbocycles. The highest BCUT2D eigenvalue weighted by atomic mass is 32.2. The third-order valence-electron chi connectivity index (χ3n) is 7.58. The van der Waals surface area contributed by atoms with Gasteiger partial charge >= 0.3 is 6.36 Å². The zero-order valence-corrected chi connectivity index (χ0v) is 26.7. The van der Waals surface area contributed by atoms with Crippen LogP contribution in [0.3, 0.4) is 0 Å². The monoisotopic (exact) mass is 666 g/mol. The zero-order valence-electron chi connectivity index (χ0n) is 25.0. The first-order valence-electron chi connectivity index (χ1n) is 14.0. The van der Waals surface area contributed by atoms with Gasteiger partial charge in [0.1, 0.15) is 38.0 Å². The average Bonchev–Trinajstić information content (AvgIpc) is 3.43. The molecule has 242 valence electrons. The molecule has 4 N–H and O–H groups in total. The lowest BCUT2D eigenvalue weighted by Crippen LogP contribution is -2.36. The van der Waals surface area contributed by atoms with Crippen molar-refractivity contribution < 1.29 is 36.5 Å². The first kappa shape index (κ1) is 32.8. The van der Waals surface area contributed by atoms with Crippen molar-refractivity contribution in [1.29, 1.82) is 0 Å². The number of pyridine rings is 1. The van der Waals surface area contributed by atoms with E-state index in [1.807, 2.05) is 19.9 Å². The number of aliphatic hydroxyl groups is 2. The van der Waals surface area contributed by atoms with Gasteiger partial charge in [-0.05, 0) is 57.9 Å². The van der Waals surface area contributed by atoms with Crippen molar-refractivity contribution in [2.45, 2.75) is 64.8 Å². The number of nitrogens with one attached hydrogen (secondary N) is 2. The third-order valence-corrected chi connectivity index (χ3v) is 9.64. The summed E-state index contributed by atoms with van der Waals surface area (Å²) in [4.78, 5) is 18.7. The molecule has 1 saturated carbocycles. The quantitative estimate of drug-likeness (QED) is 0.196. The predicted molar refractivity (Wildman–Crippen MR) is 165 cm³/mol. The number of hydrogen-bond acceptors (Lipinski definition) is 12. The number of aromatic nitrogens is 4. The van der Waals surface area contributed by atoms with Crippen molar-refractivity contribution in [2.24, 2.45) is 5.92 Å². The lowest BCUT2D eigenvalue weighted by atomic mass is 10.1. The Bertz CT molecular complexity index is 1820. The van der Waals surface area contributed by atoms with Gasteiger partial charge in [-0.3, -0.25) is 4.98 Å². The molecule has 1 aliphatic carbocycles. The summed E-state index contributed by atoms with van der Waals surface area (Å²) in [7, 11) is -3.41. The first-order valence-corrected chi connectivity index (χ1v) is 16.9. The van der Waals surface area contributed by atoms with E-state index in [9.17, 15) is 31.8 Å². The second-order valence-corrected chi connectivity index (χ2v) is 14.6. The summed E-state index contributed by atoms with van der Waals surface area (Å²) in [6.07, 6.45) is -6.07. The van der Waals surface area contributed by atoms with Crippen LogP contribution in [0.2, 0.25) is 0 Å². The Kier molecular flexibility index (Phi) is 8.96. The van der Waals surface area contributed by atoms with Gasteiger partial charge in [-0.2, -0.15) is 4.98 Å². The maximum atomic E-state index is 12.6. The number of thiazole rings is 1. The summed E-state index contributed by atoms with van der Waals surface area (Å²) in [5.74, 6) is -0.801. The highest BCUT2D eigenvalue weighted by Gasteiger charge is 2.43. The second-order valence-electron chi connectivity index (χ2n) is 11.4. The van der Waals surface area contributed by atoms with Gasteiger partial charge in [-0.15, -0.1) is 24.5 Å². The van der Waals surface area contributed by atoms with Gasteiger partial charge in [0.05, 0.1) is 45.6 Å². The second kappa shape index (κ2) is 12.3. The molecule has 5 rings (SSSR count). The SMILES string of the molecule is Cc1cc2sc(-c3c(C)nc(N[C@H](C)c4ccc(OC(F)(F)F)cc4)nc3N[C@@H]3C[C@H](CS(C)(=O)=O)[C@@H](O)[C@H]3O)nc2c(C)n1. The van der Waals surface area contributed by atoms with E-state index in [0.29, 0.717) is 27.6 Å². The number of fused-ring (bicyclic) bond motifs is 1. The molecule has 3 aromatic heterocycles. The van der Waals surface area contributed by atoms with Crippen LogP contribution in [0.25, 0.3) is 20.8 Å². The van der Waals surface area contributed by atoms with Crippen LogP contribution >= 0.6 is 11.3 Å². The van der Waals surface area contributed by atoms with Crippen LogP contribution < -0.4 is 15.4 Å². The molecule has 0 radical (unpaired) electrons. The Balaban J connectivity index is 1.50. The Hall–Kier alpha value is -3.60. The van der Waals surface area contributed by atoms with Crippen LogP contribution in [0.4, 0.5) is 24.9 Å². The number of hydrogen-bond donors (Lipinski definition) is 4. The Morgan fingerprint density at radius 1 is 1.04 bits per heavy atom. The molecule has 0 aliphatic heterocycles. The van der Waals surface area contributed by atoms with Gasteiger partial charge in [-0.1, -0.05) is 12.1 Å². The van der Waals surface area contributed by atoms with Crippen LogP contribution in [-0.4, -0.2) is 75.2 Å². The van der Waals surface area contributed by atoms with Gasteiger partial charge in [0.25, 0.3) is 0 Å². The van der Waals surface area contributed by atoms with Crippen molar-refractivity contribution >= 4 is 43.2 Å². The number of alkyl halides is 3. The first-order chi connectivity index (χ1) is 21.0. The standard InChI is InChI=1S/C29H33F3N6O5S2/c1-13-10-21-23(16(4)33-13)37-27(44-21)22-15(3)35-28(34-14(2)17-6-8-19(9-7-17)43-29(30,31)32)38-26(22)36-20-11-18(12-45(5,41)42)24(39)25(20)40/h6-10,14,18,20,24-25,39-40H,11-12H2,1-5H3,(H2,34,35,36,38)/t14-,18-,20-,24-,25+/m1/s1. The normalized spacial score (nSPS) is 21.2. The Labute approximate surface area is 261 Å². The van der Waals surface area contributed by atoms with Gasteiger partial charge < -0.3 is 25.6 Å². The molecule has 4 aromatic rings. The fourth-order valence-corrected chi connectivity index (χ4v) is 7.89. The van der Waals surface area contributed by atoms with E-state index in [1.54, 1.807) is 13.8 Å². The fourth-order valence-electron chi connectivity index (χ4n) is 5.57. The van der Waals surface area contributed by atoms with Crippen LogP contribution in [-0.2, 0) is 9.84 Å². The molecule has 16 heteroatoms. The molecule has 1 aliphatic rings. The summed E-state index contributed by atoms with van der Waals surface area (Å²) >= 11 is 1.42. The van der Waals surface area contributed by atoms with Gasteiger partial charge in [0.15, 0.2) is 0 Å². The van der Waals surface area contributed by atoms with Gasteiger partial charge in [0, 0.05) is 17.9 Å². The Morgan fingerprint density at radius 3 is 2.38 bits per heavy atom. The van der Waals surface area contributed by atoms with Crippen molar-refractivity contribution in [3.8, 4) is 16.3 Å². The number of benzene rings is 1. The predicted octanol–water partition coefficient (Wildman–Crippen LogP) is 4.71. The number of sulfone groups is 1. The van der Waals surface area contributed by atoms with E-state index >= 15 is 0 Å². The maximum absolute atomic E-state index is 12.6. The number of ether oxygens (including phenoxy) is 1. The topological polar surface area (TPSA) is 159 Å². The van der Waals surface area contributed by atoms with Crippen molar-refractivity contribution in [3.05, 3.63) is 53.0 Å². The summed E-state index contributed by atoms with van der Waals surface area (Å²) in [5, 5.41) is 28.5. The minimum atomic E-state index is -4.80. The summed E-state index contributed by atoms with van der Waals surface area (Å²) < 4.78 is 66.5. The van der Waals surface area contributed by atoms with E-state index in [0.717, 1.165) is 27.9 Å². The van der Waals surface area contributed by atoms with Gasteiger partial charge in [-0.25, -0.2) is 18.4 Å². The molecule has 0 bridgehead atoms. The minimum absolute atomic E-state index is 0.172. The molecular formula is C29H33F3N6O5S2. The van der Waals surface area contributed by atoms with E-state index in [-0.39, 0.29) is 23.9 Å². The van der Waals surface area contributed by atoms with E-state index < -0.39 is 46.4 Å². The molecule has 0 saturated heterocycles. The molecule has 45 heavy (non-hydrogen) atoms. The fraction of sp³-hybridized carbons (Fsp3) is 0.448. The summed E-state index contributed by atoms with van der Waals surface area (Å²) in [6, 6.07) is 6.20. The number of nitrogens with zero attached hydrogens (tertiary/aromatic N) is 4. The largest absolute Gasteiger partial charge is 0.573 e. The lowest BCUT2D eigenvalue weighted by molar-refractivity contribution is -0.274. The molecule has 5 atom stereocenters. The van der Waals surface area contributed by atoms with Crippen LogP contribution in [0, 0.1) is 26.7 Å². The molecule has 11 nitrogen and oxygen atoms in total. The maximum Gasteiger partial charge on any atom is 0.573 e. The third kappa shape index (κ3) is 7.62. The number of aliphatic hydroxyl groups excluding tert-OH is 2.